The first-order valence-corrected chi connectivity index (χ1v) is 13.4. The number of hydrogen-bond donors (Lipinski definition) is 0. The third kappa shape index (κ3) is 5.49. The number of rotatable bonds is 7. The Kier molecular flexibility index (Phi) is 7.46. The number of amides is 1. The second-order valence-corrected chi connectivity index (χ2v) is 10.8. The van der Waals surface area contributed by atoms with E-state index in [9.17, 15) is 4.79 Å². The van der Waals surface area contributed by atoms with Crippen LogP contribution in [0.4, 0.5) is 0 Å². The zero-order valence-corrected chi connectivity index (χ0v) is 22.7. The number of nitrogens with zero attached hydrogens (tertiary/aromatic N) is 3. The van der Waals surface area contributed by atoms with Crippen LogP contribution in [-0.4, -0.2) is 30.9 Å². The number of aromatic nitrogens is 2. The van der Waals surface area contributed by atoms with Crippen LogP contribution in [0.2, 0.25) is 5.02 Å². The van der Waals surface area contributed by atoms with Crippen LogP contribution >= 0.6 is 35.6 Å². The summed E-state index contributed by atoms with van der Waals surface area (Å²) in [6, 6.07) is 25.3. The third-order valence-electron chi connectivity index (χ3n) is 5.87. The number of carbonyl (C=O) groups excluding carboxylic acids is 1. The van der Waals surface area contributed by atoms with Gasteiger partial charge in [-0.05, 0) is 62.4 Å². The Hall–Kier alpha value is -3.39. The maximum atomic E-state index is 13.0. The van der Waals surface area contributed by atoms with Gasteiger partial charge in [0.15, 0.2) is 0 Å². The predicted octanol–water partition coefficient (Wildman–Crippen LogP) is 7.38. The summed E-state index contributed by atoms with van der Waals surface area (Å²) in [5, 5.41) is 5.55. The highest BCUT2D eigenvalue weighted by molar-refractivity contribution is 8.26. The van der Waals surface area contributed by atoms with Crippen molar-refractivity contribution in [1.29, 1.82) is 0 Å². The van der Waals surface area contributed by atoms with E-state index < -0.39 is 0 Å². The summed E-state index contributed by atoms with van der Waals surface area (Å²) >= 11 is 13.0. The van der Waals surface area contributed by atoms with Crippen LogP contribution in [0.5, 0.6) is 5.75 Å². The molecule has 37 heavy (non-hydrogen) atoms. The topological polar surface area (TPSA) is 47.4 Å². The molecule has 5 nitrogen and oxygen atoms in total. The van der Waals surface area contributed by atoms with Crippen LogP contribution in [0.15, 0.2) is 90.0 Å². The molecule has 0 bridgehead atoms. The van der Waals surface area contributed by atoms with Crippen LogP contribution < -0.4 is 4.74 Å². The summed E-state index contributed by atoms with van der Waals surface area (Å²) in [7, 11) is 0. The van der Waals surface area contributed by atoms with Crippen molar-refractivity contribution >= 4 is 51.9 Å². The molecule has 0 saturated carbocycles. The second kappa shape index (κ2) is 10.9. The van der Waals surface area contributed by atoms with Crippen molar-refractivity contribution < 1.29 is 9.53 Å². The maximum absolute atomic E-state index is 13.0. The van der Waals surface area contributed by atoms with Gasteiger partial charge in [-0.2, -0.15) is 5.10 Å². The number of thiocarbonyl (C=S) groups is 1. The highest BCUT2D eigenvalue weighted by Gasteiger charge is 2.34. The highest BCUT2D eigenvalue weighted by Crippen LogP contribution is 2.36. The Morgan fingerprint density at radius 2 is 1.73 bits per heavy atom. The fraction of sp³-hybridized carbons (Fsp3) is 0.138. The largest absolute Gasteiger partial charge is 0.489 e. The standard InChI is InChI=1S/C29H24ClN3O2S2/c1-19(2)33-28(34)26(37-29(33)36)16-22-17-32(23-9-4-3-5-10-23)31-27(22)20-12-14-24(15-13-20)35-18-21-8-6-7-11-25(21)30/h3-17,19H,18H2,1-2H3/b26-16+. The molecule has 0 atom stereocenters. The molecule has 4 aromatic rings. The lowest BCUT2D eigenvalue weighted by Gasteiger charge is -2.18. The molecule has 1 aromatic heterocycles. The molecule has 8 heteroatoms. The first kappa shape index (κ1) is 25.3. The van der Waals surface area contributed by atoms with Gasteiger partial charge in [-0.15, -0.1) is 0 Å². The van der Waals surface area contributed by atoms with Crippen molar-refractivity contribution in [2.24, 2.45) is 0 Å². The first-order valence-electron chi connectivity index (χ1n) is 11.8. The average Bonchev–Trinajstić information content (AvgIpc) is 3.44. The molecule has 186 valence electrons. The van der Waals surface area contributed by atoms with Crippen LogP contribution in [0.3, 0.4) is 0 Å². The summed E-state index contributed by atoms with van der Waals surface area (Å²) in [4.78, 5) is 15.3. The van der Waals surface area contributed by atoms with E-state index in [1.807, 2.05) is 110 Å². The SMILES string of the molecule is CC(C)N1C(=O)/C(=C\c2cn(-c3ccccc3)nc2-c2ccc(OCc3ccccc3Cl)cc2)SC1=S. The van der Waals surface area contributed by atoms with Crippen molar-refractivity contribution in [3.63, 3.8) is 0 Å². The molecule has 0 unspecified atom stereocenters. The van der Waals surface area contributed by atoms with E-state index in [2.05, 4.69) is 0 Å². The number of carbonyl (C=O) groups is 1. The average molecular weight is 546 g/mol. The van der Waals surface area contributed by atoms with Crippen molar-refractivity contribution in [2.45, 2.75) is 26.5 Å². The molecule has 1 aliphatic heterocycles. The maximum Gasteiger partial charge on any atom is 0.266 e. The van der Waals surface area contributed by atoms with Crippen LogP contribution in [0, 0.1) is 0 Å². The van der Waals surface area contributed by atoms with Gasteiger partial charge in [-0.25, -0.2) is 4.68 Å². The highest BCUT2D eigenvalue weighted by atomic mass is 35.5. The van der Waals surface area contributed by atoms with Gasteiger partial charge >= 0.3 is 0 Å². The Morgan fingerprint density at radius 3 is 2.41 bits per heavy atom. The number of ether oxygens (including phenoxy) is 1. The smallest absolute Gasteiger partial charge is 0.266 e. The molecule has 1 saturated heterocycles. The van der Waals surface area contributed by atoms with E-state index in [0.717, 1.165) is 33.8 Å². The van der Waals surface area contributed by atoms with E-state index in [0.29, 0.717) is 20.9 Å². The van der Waals surface area contributed by atoms with E-state index in [1.165, 1.54) is 11.8 Å². The molecular weight excluding hydrogens is 522 g/mol. The molecule has 1 aliphatic rings. The number of benzene rings is 3. The predicted molar refractivity (Wildman–Crippen MR) is 155 cm³/mol. The quantitative estimate of drug-likeness (QED) is 0.179. The molecule has 0 radical (unpaired) electrons. The van der Waals surface area contributed by atoms with Crippen LogP contribution in [0.25, 0.3) is 23.0 Å². The molecular formula is C29H24ClN3O2S2. The molecule has 0 N–H and O–H groups in total. The zero-order chi connectivity index (χ0) is 25.9. The van der Waals surface area contributed by atoms with Gasteiger partial charge in [-0.3, -0.25) is 9.69 Å². The minimum Gasteiger partial charge on any atom is -0.489 e. The van der Waals surface area contributed by atoms with Crippen LogP contribution in [-0.2, 0) is 11.4 Å². The third-order valence-corrected chi connectivity index (χ3v) is 7.57. The minimum atomic E-state index is -0.0771. The minimum absolute atomic E-state index is 0.00299. The van der Waals surface area contributed by atoms with Crippen molar-refractivity contribution in [3.05, 3.63) is 106 Å². The molecule has 1 fully saturated rings. The van der Waals surface area contributed by atoms with Gasteiger partial charge in [-0.1, -0.05) is 72.0 Å². The van der Waals surface area contributed by atoms with Gasteiger partial charge in [0, 0.05) is 34.0 Å². The van der Waals surface area contributed by atoms with Crippen LogP contribution in [0.1, 0.15) is 25.0 Å². The van der Waals surface area contributed by atoms with Crippen molar-refractivity contribution in [3.8, 4) is 22.7 Å². The number of hydrogen-bond acceptors (Lipinski definition) is 5. The normalized spacial score (nSPS) is 14.7. The number of thioether (sulfide) groups is 1. The van der Waals surface area contributed by atoms with E-state index in [1.54, 1.807) is 4.90 Å². The summed E-state index contributed by atoms with van der Waals surface area (Å²) in [6.45, 7) is 4.30. The molecule has 2 heterocycles. The molecule has 3 aromatic carbocycles. The van der Waals surface area contributed by atoms with Gasteiger partial charge in [0.05, 0.1) is 16.3 Å². The Morgan fingerprint density at radius 1 is 1.03 bits per heavy atom. The van der Waals surface area contributed by atoms with Gasteiger partial charge in [0.2, 0.25) is 0 Å². The fourth-order valence-electron chi connectivity index (χ4n) is 3.98. The zero-order valence-electron chi connectivity index (χ0n) is 20.3. The lowest BCUT2D eigenvalue weighted by Crippen LogP contribution is -2.34. The lowest BCUT2D eigenvalue weighted by molar-refractivity contribution is -0.123. The second-order valence-electron chi connectivity index (χ2n) is 8.76. The van der Waals surface area contributed by atoms with Gasteiger partial charge in [0.1, 0.15) is 16.7 Å². The monoisotopic (exact) mass is 545 g/mol. The molecule has 0 spiro atoms. The van der Waals surface area contributed by atoms with E-state index in [4.69, 9.17) is 33.7 Å². The van der Waals surface area contributed by atoms with Crippen molar-refractivity contribution in [2.75, 3.05) is 0 Å². The lowest BCUT2D eigenvalue weighted by atomic mass is 10.1. The van der Waals surface area contributed by atoms with E-state index in [-0.39, 0.29) is 11.9 Å². The fourth-order valence-corrected chi connectivity index (χ4v) is 5.69. The number of para-hydroxylation sites is 1. The van der Waals surface area contributed by atoms with Crippen molar-refractivity contribution in [1.82, 2.24) is 14.7 Å². The van der Waals surface area contributed by atoms with Gasteiger partial charge < -0.3 is 4.74 Å². The van der Waals surface area contributed by atoms with E-state index >= 15 is 0 Å². The molecule has 1 amide bonds. The summed E-state index contributed by atoms with van der Waals surface area (Å²) in [5.74, 6) is 0.650. The first-order chi connectivity index (χ1) is 17.9. The Balaban J connectivity index is 1.46. The number of halogens is 1. The Bertz CT molecular complexity index is 1480. The summed E-state index contributed by atoms with van der Waals surface area (Å²) < 4.78 is 8.34. The summed E-state index contributed by atoms with van der Waals surface area (Å²) in [6.07, 6.45) is 3.82. The molecule has 5 rings (SSSR count). The summed E-state index contributed by atoms with van der Waals surface area (Å²) in [5.41, 5.74) is 4.35. The van der Waals surface area contributed by atoms with Gasteiger partial charge in [0.25, 0.3) is 5.91 Å². The molecule has 0 aliphatic carbocycles. The Labute approximate surface area is 230 Å².